The zero-order valence-electron chi connectivity index (χ0n) is 18.3. The molecule has 1 aliphatic heterocycles. The number of rotatable bonds is 5. The van der Waals surface area contributed by atoms with E-state index in [0.717, 1.165) is 15.8 Å². The zero-order valence-corrected chi connectivity index (χ0v) is 19.9. The van der Waals surface area contributed by atoms with Crippen molar-refractivity contribution in [2.24, 2.45) is 5.73 Å². The number of benzene rings is 1. The van der Waals surface area contributed by atoms with Crippen molar-refractivity contribution in [1.82, 2.24) is 19.4 Å². The normalized spacial score (nSPS) is 14.9. The van der Waals surface area contributed by atoms with Gasteiger partial charge >= 0.3 is 0 Å². The molecule has 1 aromatic carbocycles. The second-order valence-electron chi connectivity index (χ2n) is 7.79. The summed E-state index contributed by atoms with van der Waals surface area (Å²) in [6.45, 7) is 2.14. The van der Waals surface area contributed by atoms with Crippen LogP contribution in [0.25, 0.3) is 27.3 Å². The van der Waals surface area contributed by atoms with Crippen molar-refractivity contribution >= 4 is 44.9 Å². The number of primary amides is 1. The molecule has 0 spiro atoms. The van der Waals surface area contributed by atoms with Gasteiger partial charge in [-0.25, -0.2) is 9.97 Å². The molecule has 174 valence electrons. The monoisotopic (exact) mass is 495 g/mol. The number of morpholine rings is 1. The summed E-state index contributed by atoms with van der Waals surface area (Å²) in [6, 6.07) is 7.08. The van der Waals surface area contributed by atoms with Crippen molar-refractivity contribution in [3.8, 4) is 16.4 Å². The second-order valence-corrected chi connectivity index (χ2v) is 10.0. The number of hydrogen-bond donors (Lipinski definition) is 1. The topological polar surface area (TPSA) is 120 Å². The van der Waals surface area contributed by atoms with Crippen LogP contribution in [0, 0.1) is 0 Å². The number of carbonyl (C=O) groups excluding carboxylic acids is 2. The lowest BCUT2D eigenvalue weighted by Crippen LogP contribution is -2.40. The van der Waals surface area contributed by atoms with Crippen molar-refractivity contribution in [2.45, 2.75) is 4.90 Å². The summed E-state index contributed by atoms with van der Waals surface area (Å²) >= 11 is 1.38. The molecule has 4 aromatic rings. The van der Waals surface area contributed by atoms with E-state index < -0.39 is 16.7 Å². The Bertz CT molecular complexity index is 1420. The number of ether oxygens (including phenoxy) is 1. The molecule has 1 aliphatic rings. The standard InChI is InChI=1S/C23H21N5O4S2/c1-34(31)20-12-28(23-25-10-16(11-26-23)19-9-15(13-33-19)21(24)29)18-8-14(2-3-17(18)20)22(30)27-4-6-32-7-5-27/h2-3,8-13H,4-7H2,1H3,(H2,24,29). The van der Waals surface area contributed by atoms with Crippen LogP contribution in [0.4, 0.5) is 0 Å². The van der Waals surface area contributed by atoms with Crippen LogP contribution in [0.1, 0.15) is 20.7 Å². The molecular formula is C23H21N5O4S2. The molecule has 0 aliphatic carbocycles. The van der Waals surface area contributed by atoms with Gasteiger partial charge in [0.25, 0.3) is 5.91 Å². The minimum Gasteiger partial charge on any atom is -0.378 e. The first kappa shape index (κ1) is 22.4. The molecule has 1 unspecified atom stereocenters. The summed E-state index contributed by atoms with van der Waals surface area (Å²) < 4.78 is 19.5. The molecule has 1 saturated heterocycles. The van der Waals surface area contributed by atoms with Gasteiger partial charge in [0.15, 0.2) is 0 Å². The van der Waals surface area contributed by atoms with Crippen molar-refractivity contribution in [3.05, 3.63) is 59.4 Å². The Hall–Kier alpha value is -3.41. The molecule has 5 rings (SSSR count). The van der Waals surface area contributed by atoms with Crippen LogP contribution in [0.3, 0.4) is 0 Å². The second kappa shape index (κ2) is 9.09. The number of carbonyl (C=O) groups is 2. The Morgan fingerprint density at radius 2 is 1.85 bits per heavy atom. The maximum Gasteiger partial charge on any atom is 0.254 e. The van der Waals surface area contributed by atoms with E-state index >= 15 is 0 Å². The van der Waals surface area contributed by atoms with Gasteiger partial charge in [-0.2, -0.15) is 0 Å². The molecule has 2 N–H and O–H groups in total. The maximum atomic E-state index is 13.0. The average molecular weight is 496 g/mol. The third-order valence-electron chi connectivity index (χ3n) is 5.65. The predicted octanol–water partition coefficient (Wildman–Crippen LogP) is 2.46. The van der Waals surface area contributed by atoms with E-state index in [4.69, 9.17) is 10.5 Å². The van der Waals surface area contributed by atoms with Crippen molar-refractivity contribution in [1.29, 1.82) is 0 Å². The fourth-order valence-electron chi connectivity index (χ4n) is 3.86. The number of nitrogens with zero attached hydrogens (tertiary/aromatic N) is 4. The van der Waals surface area contributed by atoms with Crippen LogP contribution in [-0.2, 0) is 15.5 Å². The lowest BCUT2D eigenvalue weighted by atomic mass is 10.1. The van der Waals surface area contributed by atoms with Crippen LogP contribution in [0.5, 0.6) is 0 Å². The van der Waals surface area contributed by atoms with Gasteiger partial charge in [0, 0.05) is 64.7 Å². The smallest absolute Gasteiger partial charge is 0.254 e. The van der Waals surface area contributed by atoms with Crippen LogP contribution >= 0.6 is 11.3 Å². The Labute approximate surface area is 201 Å². The number of fused-ring (bicyclic) bond motifs is 1. The summed E-state index contributed by atoms with van der Waals surface area (Å²) in [5, 5.41) is 2.47. The fourth-order valence-corrected chi connectivity index (χ4v) is 5.47. The Kier molecular flexibility index (Phi) is 5.98. The highest BCUT2D eigenvalue weighted by molar-refractivity contribution is 7.84. The average Bonchev–Trinajstić information content (AvgIpc) is 3.50. The molecule has 0 saturated carbocycles. The molecule has 0 bridgehead atoms. The molecule has 4 heterocycles. The van der Waals surface area contributed by atoms with E-state index in [0.29, 0.717) is 53.8 Å². The fraction of sp³-hybridized carbons (Fsp3) is 0.217. The number of nitrogens with two attached hydrogens (primary N) is 1. The molecule has 3 aromatic heterocycles. The van der Waals surface area contributed by atoms with Gasteiger partial charge in [0.1, 0.15) is 0 Å². The Balaban J connectivity index is 1.54. The van der Waals surface area contributed by atoms with Gasteiger partial charge in [0.05, 0.1) is 40.0 Å². The van der Waals surface area contributed by atoms with Gasteiger partial charge in [-0.05, 0) is 18.2 Å². The van der Waals surface area contributed by atoms with Crippen LogP contribution in [-0.4, -0.2) is 68.0 Å². The van der Waals surface area contributed by atoms with Gasteiger partial charge in [-0.1, -0.05) is 6.07 Å². The maximum absolute atomic E-state index is 13.0. The summed E-state index contributed by atoms with van der Waals surface area (Å²) in [4.78, 5) is 36.6. The van der Waals surface area contributed by atoms with Gasteiger partial charge in [-0.3, -0.25) is 18.4 Å². The highest BCUT2D eigenvalue weighted by atomic mass is 32.2. The minimum atomic E-state index is -1.24. The molecular weight excluding hydrogens is 474 g/mol. The molecule has 11 heteroatoms. The van der Waals surface area contributed by atoms with E-state index in [9.17, 15) is 13.8 Å². The number of thiophene rings is 1. The molecule has 0 radical (unpaired) electrons. The van der Waals surface area contributed by atoms with E-state index in [2.05, 4.69) is 9.97 Å². The van der Waals surface area contributed by atoms with Crippen LogP contribution in [0.2, 0.25) is 0 Å². The van der Waals surface area contributed by atoms with Crippen molar-refractivity contribution in [3.63, 3.8) is 0 Å². The van der Waals surface area contributed by atoms with Gasteiger partial charge < -0.3 is 15.4 Å². The number of hydrogen-bond acceptors (Lipinski definition) is 7. The van der Waals surface area contributed by atoms with Crippen molar-refractivity contribution in [2.75, 3.05) is 32.6 Å². The summed E-state index contributed by atoms with van der Waals surface area (Å²) in [6.07, 6.45) is 6.68. The quantitative estimate of drug-likeness (QED) is 0.454. The summed E-state index contributed by atoms with van der Waals surface area (Å²) in [5.41, 5.74) is 7.77. The third-order valence-corrected chi connectivity index (χ3v) is 7.57. The molecule has 1 atom stereocenters. The lowest BCUT2D eigenvalue weighted by Gasteiger charge is -2.26. The largest absolute Gasteiger partial charge is 0.378 e. The number of aromatic nitrogens is 3. The van der Waals surface area contributed by atoms with E-state index in [1.54, 1.807) is 57.9 Å². The Morgan fingerprint density at radius 3 is 2.50 bits per heavy atom. The van der Waals surface area contributed by atoms with Crippen LogP contribution < -0.4 is 5.73 Å². The van der Waals surface area contributed by atoms with Crippen molar-refractivity contribution < 1.29 is 18.5 Å². The first-order chi connectivity index (χ1) is 16.4. The SMILES string of the molecule is CS(=O)c1cn(-c2ncc(-c3cc(C(N)=O)cs3)cn2)c2cc(C(=O)N3CCOCC3)ccc12. The Morgan fingerprint density at radius 1 is 1.12 bits per heavy atom. The molecule has 2 amide bonds. The van der Waals surface area contributed by atoms with E-state index in [-0.39, 0.29) is 5.91 Å². The lowest BCUT2D eigenvalue weighted by molar-refractivity contribution is 0.0303. The third kappa shape index (κ3) is 4.13. The first-order valence-electron chi connectivity index (χ1n) is 10.5. The summed E-state index contributed by atoms with van der Waals surface area (Å²) in [5.74, 6) is -0.175. The highest BCUT2D eigenvalue weighted by Crippen LogP contribution is 2.29. The van der Waals surface area contributed by atoms with Gasteiger partial charge in [-0.15, -0.1) is 11.3 Å². The summed E-state index contributed by atoms with van der Waals surface area (Å²) in [7, 11) is -1.24. The van der Waals surface area contributed by atoms with Crippen LogP contribution in [0.15, 0.2) is 53.1 Å². The predicted molar refractivity (Wildman–Crippen MR) is 130 cm³/mol. The van der Waals surface area contributed by atoms with E-state index in [1.807, 2.05) is 6.07 Å². The minimum absolute atomic E-state index is 0.0728. The highest BCUT2D eigenvalue weighted by Gasteiger charge is 2.21. The van der Waals surface area contributed by atoms with Gasteiger partial charge in [0.2, 0.25) is 11.9 Å². The molecule has 9 nitrogen and oxygen atoms in total. The zero-order chi connectivity index (χ0) is 23.8. The molecule has 34 heavy (non-hydrogen) atoms. The van der Waals surface area contributed by atoms with E-state index in [1.165, 1.54) is 11.3 Å². The first-order valence-corrected chi connectivity index (χ1v) is 12.9. The number of amides is 2. The molecule has 1 fully saturated rings.